The smallest absolute Gasteiger partial charge is 0.0774 e. The molecule has 3 rings (SSSR count). The number of ether oxygens (including phenoxy) is 1. The molecule has 1 fully saturated rings. The normalized spacial score (nSPS) is 23.5. The Balaban J connectivity index is 1.97. The first kappa shape index (κ1) is 14.6. The number of fused-ring (bicyclic) bond motifs is 1. The summed E-state index contributed by atoms with van der Waals surface area (Å²) in [5, 5.41) is 6.37. The van der Waals surface area contributed by atoms with Gasteiger partial charge in [-0.3, -0.25) is 0 Å². The first-order valence-corrected chi connectivity index (χ1v) is 8.16. The molecule has 21 heavy (non-hydrogen) atoms. The molecule has 2 aromatic rings. The van der Waals surface area contributed by atoms with E-state index in [1.54, 1.807) is 0 Å². The third-order valence-electron chi connectivity index (χ3n) is 4.41. The molecule has 0 amide bonds. The zero-order valence-corrected chi connectivity index (χ0v) is 13.0. The van der Waals surface area contributed by atoms with Crippen LogP contribution in [-0.4, -0.2) is 18.8 Å². The lowest BCUT2D eigenvalue weighted by Gasteiger charge is -2.26. The molecule has 3 unspecified atom stereocenters. The molecule has 0 spiro atoms. The highest BCUT2D eigenvalue weighted by Gasteiger charge is 2.31. The van der Waals surface area contributed by atoms with Crippen LogP contribution in [0, 0.1) is 0 Å². The van der Waals surface area contributed by atoms with Crippen LogP contribution in [0.25, 0.3) is 10.8 Å². The average molecular weight is 283 g/mol. The molecule has 112 valence electrons. The summed E-state index contributed by atoms with van der Waals surface area (Å²) in [6, 6.07) is 15.5. The predicted octanol–water partition coefficient (Wildman–Crippen LogP) is 4.45. The van der Waals surface area contributed by atoms with Gasteiger partial charge in [-0.1, -0.05) is 49.4 Å². The third kappa shape index (κ3) is 3.12. The van der Waals surface area contributed by atoms with E-state index >= 15 is 0 Å². The van der Waals surface area contributed by atoms with Crippen LogP contribution >= 0.6 is 0 Å². The minimum Gasteiger partial charge on any atom is -0.373 e. The highest BCUT2D eigenvalue weighted by Crippen LogP contribution is 2.33. The quantitative estimate of drug-likeness (QED) is 0.875. The molecule has 3 atom stereocenters. The van der Waals surface area contributed by atoms with Gasteiger partial charge in [0.2, 0.25) is 0 Å². The fraction of sp³-hybridized carbons (Fsp3) is 0.474. The predicted molar refractivity (Wildman–Crippen MR) is 88.6 cm³/mol. The molecular weight excluding hydrogens is 258 g/mol. The molecule has 0 saturated carbocycles. The van der Waals surface area contributed by atoms with Crippen LogP contribution in [-0.2, 0) is 4.74 Å². The summed E-state index contributed by atoms with van der Waals surface area (Å²) in [7, 11) is 0. The van der Waals surface area contributed by atoms with Gasteiger partial charge in [-0.15, -0.1) is 0 Å². The number of benzene rings is 2. The van der Waals surface area contributed by atoms with Gasteiger partial charge in [0.25, 0.3) is 0 Å². The third-order valence-corrected chi connectivity index (χ3v) is 4.41. The fourth-order valence-electron chi connectivity index (χ4n) is 3.34. The Morgan fingerprint density at radius 2 is 1.95 bits per heavy atom. The van der Waals surface area contributed by atoms with E-state index in [0.29, 0.717) is 12.1 Å². The number of nitrogens with one attached hydrogen (secondary N) is 1. The second kappa shape index (κ2) is 6.59. The second-order valence-corrected chi connectivity index (χ2v) is 6.06. The van der Waals surface area contributed by atoms with Gasteiger partial charge in [0.05, 0.1) is 18.2 Å². The van der Waals surface area contributed by atoms with Crippen molar-refractivity contribution in [2.24, 2.45) is 0 Å². The maximum absolute atomic E-state index is 6.16. The van der Waals surface area contributed by atoms with Crippen molar-refractivity contribution >= 4 is 10.8 Å². The summed E-state index contributed by atoms with van der Waals surface area (Å²) in [6.07, 6.45) is 4.13. The Morgan fingerprint density at radius 1 is 1.14 bits per heavy atom. The van der Waals surface area contributed by atoms with E-state index in [0.717, 1.165) is 19.4 Å². The van der Waals surface area contributed by atoms with Gasteiger partial charge < -0.3 is 10.1 Å². The summed E-state index contributed by atoms with van der Waals surface area (Å²) < 4.78 is 6.16. The van der Waals surface area contributed by atoms with Crippen molar-refractivity contribution in [1.82, 2.24) is 5.32 Å². The minimum atomic E-state index is 0.289. The molecule has 1 aliphatic heterocycles. The Kier molecular flexibility index (Phi) is 4.57. The van der Waals surface area contributed by atoms with Gasteiger partial charge in [0.1, 0.15) is 0 Å². The summed E-state index contributed by atoms with van der Waals surface area (Å²) in [5.74, 6) is 0. The van der Waals surface area contributed by atoms with E-state index in [-0.39, 0.29) is 6.10 Å². The monoisotopic (exact) mass is 283 g/mol. The van der Waals surface area contributed by atoms with Crippen LogP contribution in [0.3, 0.4) is 0 Å². The lowest BCUT2D eigenvalue weighted by atomic mass is 9.94. The van der Waals surface area contributed by atoms with Crippen LogP contribution in [0.1, 0.15) is 44.7 Å². The van der Waals surface area contributed by atoms with Crippen LogP contribution in [0.2, 0.25) is 0 Å². The van der Waals surface area contributed by atoms with Gasteiger partial charge >= 0.3 is 0 Å². The lowest BCUT2D eigenvalue weighted by Crippen LogP contribution is -2.32. The van der Waals surface area contributed by atoms with Crippen LogP contribution in [0.4, 0.5) is 0 Å². The standard InChI is InChI=1S/C19H25NO/c1-3-13-20-19(18-12-11-14(2)21-18)17-10-6-8-15-7-4-5-9-16(15)17/h4-10,14,18-20H,3,11-13H2,1-2H3. The molecule has 2 nitrogen and oxygen atoms in total. The largest absolute Gasteiger partial charge is 0.373 e. The van der Waals surface area contributed by atoms with Crippen molar-refractivity contribution in [3.05, 3.63) is 48.0 Å². The molecule has 0 bridgehead atoms. The van der Waals surface area contributed by atoms with E-state index in [1.165, 1.54) is 22.8 Å². The molecule has 1 N–H and O–H groups in total. The summed E-state index contributed by atoms with van der Waals surface area (Å²) in [6.45, 7) is 5.42. The number of hydrogen-bond acceptors (Lipinski definition) is 2. The van der Waals surface area contributed by atoms with E-state index in [2.05, 4.69) is 61.6 Å². The van der Waals surface area contributed by atoms with E-state index in [9.17, 15) is 0 Å². The Labute approximate surface area is 127 Å². The van der Waals surface area contributed by atoms with E-state index < -0.39 is 0 Å². The second-order valence-electron chi connectivity index (χ2n) is 6.06. The fourth-order valence-corrected chi connectivity index (χ4v) is 3.34. The first-order valence-electron chi connectivity index (χ1n) is 8.16. The van der Waals surface area contributed by atoms with Crippen LogP contribution in [0.5, 0.6) is 0 Å². The maximum Gasteiger partial charge on any atom is 0.0774 e. The van der Waals surface area contributed by atoms with Crippen molar-refractivity contribution in [2.75, 3.05) is 6.54 Å². The van der Waals surface area contributed by atoms with Crippen molar-refractivity contribution in [3.8, 4) is 0 Å². The molecule has 0 aliphatic carbocycles. The Bertz CT molecular complexity index is 590. The molecule has 1 heterocycles. The first-order chi connectivity index (χ1) is 10.3. The van der Waals surface area contributed by atoms with Crippen molar-refractivity contribution in [2.45, 2.75) is 51.4 Å². The Morgan fingerprint density at radius 3 is 2.71 bits per heavy atom. The highest BCUT2D eigenvalue weighted by molar-refractivity contribution is 5.86. The summed E-state index contributed by atoms with van der Waals surface area (Å²) in [5.41, 5.74) is 1.38. The number of rotatable bonds is 5. The van der Waals surface area contributed by atoms with Crippen molar-refractivity contribution in [1.29, 1.82) is 0 Å². The zero-order valence-electron chi connectivity index (χ0n) is 13.0. The molecular formula is C19H25NO. The van der Waals surface area contributed by atoms with Gasteiger partial charge in [-0.2, -0.15) is 0 Å². The van der Waals surface area contributed by atoms with Crippen LogP contribution < -0.4 is 5.32 Å². The van der Waals surface area contributed by atoms with Gasteiger partial charge in [-0.25, -0.2) is 0 Å². The lowest BCUT2D eigenvalue weighted by molar-refractivity contribution is 0.0319. The van der Waals surface area contributed by atoms with E-state index in [4.69, 9.17) is 4.74 Å². The molecule has 2 heteroatoms. The van der Waals surface area contributed by atoms with Gasteiger partial charge in [0, 0.05) is 0 Å². The minimum absolute atomic E-state index is 0.289. The number of hydrogen-bond donors (Lipinski definition) is 1. The maximum atomic E-state index is 6.16. The molecule has 1 saturated heterocycles. The molecule has 0 aromatic heterocycles. The molecule has 0 radical (unpaired) electrons. The molecule has 1 aliphatic rings. The topological polar surface area (TPSA) is 21.3 Å². The summed E-state index contributed by atoms with van der Waals surface area (Å²) >= 11 is 0. The van der Waals surface area contributed by atoms with E-state index in [1.807, 2.05) is 0 Å². The van der Waals surface area contributed by atoms with Crippen LogP contribution in [0.15, 0.2) is 42.5 Å². The van der Waals surface area contributed by atoms with Gasteiger partial charge in [-0.05, 0) is 49.1 Å². The Hall–Kier alpha value is -1.38. The SMILES string of the molecule is CCCNC(c1cccc2ccccc12)C1CCC(C)O1. The van der Waals surface area contributed by atoms with Gasteiger partial charge in [0.15, 0.2) is 0 Å². The average Bonchev–Trinajstić information content (AvgIpc) is 2.94. The summed E-state index contributed by atoms with van der Waals surface area (Å²) in [4.78, 5) is 0. The van der Waals surface area contributed by atoms with Crippen molar-refractivity contribution < 1.29 is 4.74 Å². The van der Waals surface area contributed by atoms with Crippen molar-refractivity contribution in [3.63, 3.8) is 0 Å². The zero-order chi connectivity index (χ0) is 14.7. The molecule has 2 aromatic carbocycles. The highest BCUT2D eigenvalue weighted by atomic mass is 16.5.